The highest BCUT2D eigenvalue weighted by Crippen LogP contribution is 2.30. The van der Waals surface area contributed by atoms with Gasteiger partial charge in [-0.05, 0) is 54.4 Å². The van der Waals surface area contributed by atoms with Gasteiger partial charge in [0.1, 0.15) is 12.2 Å². The number of rotatable bonds is 7. The normalized spacial score (nSPS) is 16.1. The zero-order valence-electron chi connectivity index (χ0n) is 19.7. The van der Waals surface area contributed by atoms with Gasteiger partial charge >= 0.3 is 0 Å². The maximum atomic E-state index is 13.5. The lowest BCUT2D eigenvalue weighted by Crippen LogP contribution is -2.36. The van der Waals surface area contributed by atoms with Crippen molar-refractivity contribution < 1.29 is 23.4 Å². The highest BCUT2D eigenvalue weighted by atomic mass is 16.5. The molecule has 1 aliphatic heterocycles. The highest BCUT2D eigenvalue weighted by Gasteiger charge is 2.25. The van der Waals surface area contributed by atoms with Crippen molar-refractivity contribution in [1.82, 2.24) is 9.88 Å². The summed E-state index contributed by atoms with van der Waals surface area (Å²) in [6.45, 7) is 2.57. The fourth-order valence-electron chi connectivity index (χ4n) is 4.39. The molecule has 0 aliphatic carbocycles. The number of carbonyl (C=O) groups is 1. The lowest BCUT2D eigenvalue weighted by molar-refractivity contribution is 0.0736. The molecular weight excluding hydrogens is 444 g/mol. The summed E-state index contributed by atoms with van der Waals surface area (Å²) < 4.78 is 22.8. The number of ether oxygens (including phenoxy) is 3. The first-order valence-corrected chi connectivity index (χ1v) is 11.7. The van der Waals surface area contributed by atoms with E-state index in [4.69, 9.17) is 18.6 Å². The van der Waals surface area contributed by atoms with Crippen LogP contribution in [0.4, 0.5) is 0 Å². The van der Waals surface area contributed by atoms with Gasteiger partial charge in [-0.15, -0.1) is 0 Å². The van der Waals surface area contributed by atoms with Crippen LogP contribution in [0.1, 0.15) is 21.6 Å². The Labute approximate surface area is 204 Å². The van der Waals surface area contributed by atoms with E-state index in [1.165, 1.54) is 5.56 Å². The van der Waals surface area contributed by atoms with E-state index in [-0.39, 0.29) is 18.4 Å². The van der Waals surface area contributed by atoms with Gasteiger partial charge in [0, 0.05) is 36.2 Å². The molecule has 1 atom stereocenters. The molecule has 5 rings (SSSR count). The minimum Gasteiger partial charge on any atom is -0.493 e. The van der Waals surface area contributed by atoms with E-state index >= 15 is 0 Å². The topological polar surface area (TPSA) is 74.0 Å². The van der Waals surface area contributed by atoms with Crippen LogP contribution in [0.5, 0.6) is 11.5 Å². The predicted molar refractivity (Wildman–Crippen MR) is 132 cm³/mol. The molecular formula is C28H28N2O5. The van der Waals surface area contributed by atoms with Crippen molar-refractivity contribution in [3.05, 3.63) is 89.9 Å². The van der Waals surface area contributed by atoms with E-state index in [0.717, 1.165) is 23.1 Å². The number of furan rings is 1. The van der Waals surface area contributed by atoms with E-state index in [2.05, 4.69) is 23.2 Å². The molecule has 1 saturated heterocycles. The van der Waals surface area contributed by atoms with E-state index in [9.17, 15) is 4.79 Å². The second kappa shape index (κ2) is 10.6. The van der Waals surface area contributed by atoms with Crippen molar-refractivity contribution in [2.45, 2.75) is 13.0 Å². The summed E-state index contributed by atoms with van der Waals surface area (Å²) >= 11 is 0. The molecule has 180 valence electrons. The molecule has 7 nitrogen and oxygen atoms in total. The van der Waals surface area contributed by atoms with Gasteiger partial charge in [0.2, 0.25) is 0 Å². The molecule has 0 saturated carbocycles. The van der Waals surface area contributed by atoms with Crippen molar-refractivity contribution in [2.75, 3.05) is 33.4 Å². The first kappa shape index (κ1) is 22.9. The predicted octanol–water partition coefficient (Wildman–Crippen LogP) is 4.75. The molecule has 3 heterocycles. The molecule has 1 fully saturated rings. The second-order valence-corrected chi connectivity index (χ2v) is 8.66. The molecule has 0 N–H and O–H groups in total. The Bertz CT molecular complexity index is 1290. The van der Waals surface area contributed by atoms with Crippen LogP contribution in [0.3, 0.4) is 0 Å². The van der Waals surface area contributed by atoms with Crippen LogP contribution in [0, 0.1) is 5.92 Å². The van der Waals surface area contributed by atoms with Gasteiger partial charge in [-0.2, -0.15) is 0 Å². The Kier molecular flexibility index (Phi) is 6.95. The van der Waals surface area contributed by atoms with Gasteiger partial charge in [-0.3, -0.25) is 9.78 Å². The number of amides is 1. The summed E-state index contributed by atoms with van der Waals surface area (Å²) in [4.78, 5) is 19.6. The van der Waals surface area contributed by atoms with Gasteiger partial charge < -0.3 is 23.5 Å². The number of hydrogen-bond acceptors (Lipinski definition) is 6. The molecule has 4 aromatic rings. The van der Waals surface area contributed by atoms with Gasteiger partial charge in [0.15, 0.2) is 11.5 Å². The van der Waals surface area contributed by atoms with Crippen LogP contribution in [-0.4, -0.2) is 49.2 Å². The SMILES string of the molecule is COc1ccc(C(=O)N2CCOCC(Cc3ccc4ccoc4c3)C2)cc1OCc1ccccn1. The van der Waals surface area contributed by atoms with Crippen molar-refractivity contribution in [3.8, 4) is 11.5 Å². The molecule has 0 spiro atoms. The molecule has 2 aromatic heterocycles. The standard InChI is InChI=1S/C28H28N2O5/c1-32-25-8-7-23(16-27(25)35-19-24-4-2-3-10-29-24)28(31)30-11-13-33-18-21(17-30)14-20-5-6-22-9-12-34-26(22)15-20/h2-10,12,15-16,21H,11,13-14,17-19H2,1H3. The number of fused-ring (bicyclic) bond motifs is 1. The maximum Gasteiger partial charge on any atom is 0.254 e. The third-order valence-corrected chi connectivity index (χ3v) is 6.18. The average Bonchev–Trinajstić information content (AvgIpc) is 3.24. The van der Waals surface area contributed by atoms with Crippen LogP contribution in [0.2, 0.25) is 0 Å². The fourth-order valence-corrected chi connectivity index (χ4v) is 4.39. The van der Waals surface area contributed by atoms with Gasteiger partial charge in [0.05, 0.1) is 32.3 Å². The Hall–Kier alpha value is -3.84. The molecule has 0 radical (unpaired) electrons. The van der Waals surface area contributed by atoms with Crippen LogP contribution in [-0.2, 0) is 17.8 Å². The Balaban J connectivity index is 1.29. The van der Waals surface area contributed by atoms with E-state index < -0.39 is 0 Å². The summed E-state index contributed by atoms with van der Waals surface area (Å²) in [6, 6.07) is 19.2. The van der Waals surface area contributed by atoms with Crippen LogP contribution >= 0.6 is 0 Å². The lowest BCUT2D eigenvalue weighted by atomic mass is 9.98. The Morgan fingerprint density at radius 3 is 2.91 bits per heavy atom. The second-order valence-electron chi connectivity index (χ2n) is 8.66. The zero-order chi connectivity index (χ0) is 24.0. The average molecular weight is 473 g/mol. The number of hydrogen-bond donors (Lipinski definition) is 0. The Morgan fingerprint density at radius 1 is 1.11 bits per heavy atom. The zero-order valence-corrected chi connectivity index (χ0v) is 19.7. The first-order valence-electron chi connectivity index (χ1n) is 11.7. The van der Waals surface area contributed by atoms with Crippen LogP contribution in [0.25, 0.3) is 11.0 Å². The summed E-state index contributed by atoms with van der Waals surface area (Å²) in [5, 5.41) is 1.09. The van der Waals surface area contributed by atoms with Gasteiger partial charge in [-0.25, -0.2) is 0 Å². The summed E-state index contributed by atoms with van der Waals surface area (Å²) in [5.41, 5.74) is 3.40. The summed E-state index contributed by atoms with van der Waals surface area (Å²) in [6.07, 6.45) is 4.23. The number of carbonyl (C=O) groups excluding carboxylic acids is 1. The molecule has 2 aromatic carbocycles. The van der Waals surface area contributed by atoms with Crippen molar-refractivity contribution in [2.24, 2.45) is 5.92 Å². The van der Waals surface area contributed by atoms with Crippen molar-refractivity contribution in [3.63, 3.8) is 0 Å². The maximum absolute atomic E-state index is 13.5. The Morgan fingerprint density at radius 2 is 2.06 bits per heavy atom. The third-order valence-electron chi connectivity index (χ3n) is 6.18. The van der Waals surface area contributed by atoms with Gasteiger partial charge in [-0.1, -0.05) is 18.2 Å². The number of aromatic nitrogens is 1. The molecule has 0 bridgehead atoms. The smallest absolute Gasteiger partial charge is 0.254 e. The number of methoxy groups -OCH3 is 1. The largest absolute Gasteiger partial charge is 0.493 e. The fraction of sp³-hybridized carbons (Fsp3) is 0.286. The van der Waals surface area contributed by atoms with Crippen LogP contribution < -0.4 is 9.47 Å². The van der Waals surface area contributed by atoms with Gasteiger partial charge in [0.25, 0.3) is 5.91 Å². The molecule has 1 aliphatic rings. The van der Waals surface area contributed by atoms with E-state index in [0.29, 0.717) is 43.4 Å². The number of pyridine rings is 1. The minimum absolute atomic E-state index is 0.0488. The first-order chi connectivity index (χ1) is 17.2. The van der Waals surface area contributed by atoms with E-state index in [1.54, 1.807) is 37.8 Å². The highest BCUT2D eigenvalue weighted by molar-refractivity contribution is 5.95. The minimum atomic E-state index is -0.0488. The third kappa shape index (κ3) is 5.46. The number of nitrogens with zero attached hydrogens (tertiary/aromatic N) is 2. The molecule has 35 heavy (non-hydrogen) atoms. The monoisotopic (exact) mass is 472 g/mol. The lowest BCUT2D eigenvalue weighted by Gasteiger charge is -2.24. The summed E-state index contributed by atoms with van der Waals surface area (Å²) in [7, 11) is 1.58. The van der Waals surface area contributed by atoms with E-state index in [1.807, 2.05) is 29.2 Å². The van der Waals surface area contributed by atoms with Crippen molar-refractivity contribution >= 4 is 16.9 Å². The van der Waals surface area contributed by atoms with Crippen LogP contribution in [0.15, 0.2) is 77.5 Å². The summed E-state index contributed by atoms with van der Waals surface area (Å²) in [5.74, 6) is 1.22. The number of benzene rings is 2. The quantitative estimate of drug-likeness (QED) is 0.387. The molecule has 7 heteroatoms. The van der Waals surface area contributed by atoms with Crippen molar-refractivity contribution in [1.29, 1.82) is 0 Å². The molecule has 1 unspecified atom stereocenters. The molecule has 1 amide bonds.